The number of Topliss-reactive ketones (excluding diaryl/α,β-unsaturated/α-hetero) is 1. The lowest BCUT2D eigenvalue weighted by atomic mass is 9.95. The Morgan fingerprint density at radius 2 is 1.87 bits per heavy atom. The largest absolute Gasteiger partial charge is 0.508 e. The monoisotopic (exact) mass is 411 g/mol. The molecule has 1 heterocycles. The van der Waals surface area contributed by atoms with Gasteiger partial charge in [-0.05, 0) is 43.2 Å². The third-order valence-electron chi connectivity index (χ3n) is 4.91. The molecule has 1 atom stereocenters. The van der Waals surface area contributed by atoms with Gasteiger partial charge in [-0.1, -0.05) is 24.3 Å². The summed E-state index contributed by atoms with van der Waals surface area (Å²) in [6.45, 7) is 3.03. The Labute approximate surface area is 175 Å². The van der Waals surface area contributed by atoms with E-state index in [9.17, 15) is 19.8 Å². The lowest BCUT2D eigenvalue weighted by Crippen LogP contribution is -2.31. The van der Waals surface area contributed by atoms with Crippen LogP contribution in [0, 0.1) is 0 Å². The van der Waals surface area contributed by atoms with Crippen LogP contribution in [-0.4, -0.2) is 53.7 Å². The summed E-state index contributed by atoms with van der Waals surface area (Å²) < 4.78 is 10.5. The first-order valence-corrected chi connectivity index (χ1v) is 9.77. The Kier molecular flexibility index (Phi) is 6.74. The first-order valence-electron chi connectivity index (χ1n) is 9.77. The number of phenols is 1. The average molecular weight is 411 g/mol. The number of aliphatic hydroxyl groups is 1. The third-order valence-corrected chi connectivity index (χ3v) is 4.91. The summed E-state index contributed by atoms with van der Waals surface area (Å²) >= 11 is 0. The molecule has 0 bridgehead atoms. The summed E-state index contributed by atoms with van der Waals surface area (Å²) in [5, 5.41) is 20.7. The molecule has 1 fully saturated rings. The number of aliphatic hydroxyl groups excluding tert-OH is 1. The molecule has 7 nitrogen and oxygen atoms in total. The summed E-state index contributed by atoms with van der Waals surface area (Å²) in [6, 6.07) is 12.2. The minimum atomic E-state index is -0.766. The van der Waals surface area contributed by atoms with Crippen molar-refractivity contribution >= 4 is 17.4 Å². The molecule has 1 amide bonds. The van der Waals surface area contributed by atoms with Crippen LogP contribution in [0.15, 0.2) is 54.1 Å². The van der Waals surface area contributed by atoms with Crippen molar-refractivity contribution in [3.8, 4) is 11.5 Å². The molecule has 3 rings (SSSR count). The molecule has 7 heteroatoms. The smallest absolute Gasteiger partial charge is 0.295 e. The summed E-state index contributed by atoms with van der Waals surface area (Å²) in [5.74, 6) is -1.06. The van der Waals surface area contributed by atoms with E-state index in [1.54, 1.807) is 43.5 Å². The highest BCUT2D eigenvalue weighted by atomic mass is 16.5. The van der Waals surface area contributed by atoms with Crippen LogP contribution in [-0.2, 0) is 14.3 Å². The van der Waals surface area contributed by atoms with Crippen molar-refractivity contribution in [1.82, 2.24) is 4.90 Å². The van der Waals surface area contributed by atoms with Gasteiger partial charge in [-0.3, -0.25) is 9.59 Å². The molecule has 1 unspecified atom stereocenters. The Hall–Kier alpha value is -3.32. The molecule has 2 aromatic carbocycles. The average Bonchev–Trinajstić information content (AvgIpc) is 2.99. The molecule has 30 heavy (non-hydrogen) atoms. The maximum absolute atomic E-state index is 12.9. The minimum Gasteiger partial charge on any atom is -0.508 e. The van der Waals surface area contributed by atoms with Gasteiger partial charge >= 0.3 is 0 Å². The Bertz CT molecular complexity index is 950. The van der Waals surface area contributed by atoms with Crippen molar-refractivity contribution in [2.24, 2.45) is 0 Å². The number of hydrogen-bond donors (Lipinski definition) is 2. The molecule has 1 saturated heterocycles. The van der Waals surface area contributed by atoms with Gasteiger partial charge in [0.15, 0.2) is 0 Å². The van der Waals surface area contributed by atoms with Crippen molar-refractivity contribution in [2.75, 3.05) is 26.9 Å². The van der Waals surface area contributed by atoms with E-state index in [2.05, 4.69) is 0 Å². The zero-order chi connectivity index (χ0) is 21.7. The number of benzene rings is 2. The van der Waals surface area contributed by atoms with Gasteiger partial charge < -0.3 is 24.6 Å². The second-order valence-corrected chi connectivity index (χ2v) is 6.89. The number of aromatic hydroxyl groups is 1. The lowest BCUT2D eigenvalue weighted by Gasteiger charge is -2.25. The van der Waals surface area contributed by atoms with E-state index >= 15 is 0 Å². The number of amides is 1. The van der Waals surface area contributed by atoms with Crippen LogP contribution in [0.1, 0.15) is 30.5 Å². The normalized spacial score (nSPS) is 18.1. The van der Waals surface area contributed by atoms with Gasteiger partial charge in [0.25, 0.3) is 11.7 Å². The van der Waals surface area contributed by atoms with Crippen molar-refractivity contribution in [2.45, 2.75) is 19.4 Å². The minimum absolute atomic E-state index is 0.0109. The predicted octanol–water partition coefficient (Wildman–Crippen LogP) is 3.25. The van der Waals surface area contributed by atoms with Crippen LogP contribution in [0.25, 0.3) is 5.76 Å². The van der Waals surface area contributed by atoms with Crippen molar-refractivity contribution in [3.63, 3.8) is 0 Å². The molecular weight excluding hydrogens is 386 g/mol. The summed E-state index contributed by atoms with van der Waals surface area (Å²) in [7, 11) is 1.57. The fourth-order valence-corrected chi connectivity index (χ4v) is 3.55. The molecule has 0 saturated carbocycles. The first kappa shape index (κ1) is 21.4. The first-order chi connectivity index (χ1) is 14.5. The van der Waals surface area contributed by atoms with Gasteiger partial charge in [-0.25, -0.2) is 0 Å². The third kappa shape index (κ3) is 4.31. The SMILES string of the molecule is CCOc1cccc(C(O)=C2C(=O)C(=O)N(CCCOC)C2c2ccc(O)cc2)c1. The number of carbonyl (C=O) groups is 2. The second kappa shape index (κ2) is 9.45. The zero-order valence-electron chi connectivity index (χ0n) is 17.0. The van der Waals surface area contributed by atoms with E-state index in [1.807, 2.05) is 6.92 Å². The number of rotatable bonds is 8. The molecular formula is C23H25NO6. The maximum Gasteiger partial charge on any atom is 0.295 e. The van der Waals surface area contributed by atoms with Crippen LogP contribution in [0.5, 0.6) is 11.5 Å². The molecule has 2 N–H and O–H groups in total. The summed E-state index contributed by atoms with van der Waals surface area (Å²) in [6.07, 6.45) is 0.540. The van der Waals surface area contributed by atoms with Gasteiger partial charge in [0.1, 0.15) is 17.3 Å². The van der Waals surface area contributed by atoms with E-state index in [4.69, 9.17) is 9.47 Å². The van der Waals surface area contributed by atoms with Crippen molar-refractivity contribution in [3.05, 3.63) is 65.2 Å². The number of methoxy groups -OCH3 is 1. The number of ether oxygens (including phenoxy) is 2. The summed E-state index contributed by atoms with van der Waals surface area (Å²) in [4.78, 5) is 27.1. The summed E-state index contributed by atoms with van der Waals surface area (Å²) in [5.41, 5.74) is 1.02. The molecule has 0 radical (unpaired) electrons. The fraction of sp³-hybridized carbons (Fsp3) is 0.304. The Morgan fingerprint density at radius 3 is 2.53 bits per heavy atom. The molecule has 1 aliphatic rings. The van der Waals surface area contributed by atoms with E-state index in [-0.39, 0.29) is 17.1 Å². The number of nitrogens with zero attached hydrogens (tertiary/aromatic N) is 1. The standard InChI is InChI=1S/C23H25NO6/c1-3-30-18-7-4-6-16(14-18)21(26)19-20(15-8-10-17(25)11-9-15)24(12-5-13-29-2)23(28)22(19)27/h4,6-11,14,20,25-26H,3,5,12-13H2,1-2H3. The topological polar surface area (TPSA) is 96.3 Å². The molecule has 0 spiro atoms. The number of ketones is 1. The fourth-order valence-electron chi connectivity index (χ4n) is 3.55. The van der Waals surface area contributed by atoms with Gasteiger partial charge in [0, 0.05) is 25.8 Å². The number of carbonyl (C=O) groups excluding carboxylic acids is 2. The van der Waals surface area contributed by atoms with Crippen LogP contribution in [0.3, 0.4) is 0 Å². The van der Waals surface area contributed by atoms with Crippen molar-refractivity contribution < 1.29 is 29.3 Å². The number of phenolic OH excluding ortho intramolecular Hbond substituents is 1. The Morgan fingerprint density at radius 1 is 1.13 bits per heavy atom. The van der Waals surface area contributed by atoms with E-state index in [1.165, 1.54) is 17.0 Å². The molecule has 0 aliphatic carbocycles. The van der Waals surface area contributed by atoms with E-state index in [0.717, 1.165) is 0 Å². The number of likely N-dealkylation sites (tertiary alicyclic amines) is 1. The maximum atomic E-state index is 12.9. The molecule has 2 aromatic rings. The second-order valence-electron chi connectivity index (χ2n) is 6.89. The van der Waals surface area contributed by atoms with Crippen molar-refractivity contribution in [1.29, 1.82) is 0 Å². The van der Waals surface area contributed by atoms with E-state index < -0.39 is 17.7 Å². The number of hydrogen-bond acceptors (Lipinski definition) is 6. The van der Waals surface area contributed by atoms with Crippen LogP contribution in [0.4, 0.5) is 0 Å². The molecule has 0 aromatic heterocycles. The lowest BCUT2D eigenvalue weighted by molar-refractivity contribution is -0.140. The van der Waals surface area contributed by atoms with Gasteiger partial charge in [-0.15, -0.1) is 0 Å². The molecule has 158 valence electrons. The van der Waals surface area contributed by atoms with Crippen LogP contribution in [0.2, 0.25) is 0 Å². The highest BCUT2D eigenvalue weighted by molar-refractivity contribution is 6.46. The predicted molar refractivity (Wildman–Crippen MR) is 111 cm³/mol. The Balaban J connectivity index is 2.10. The molecule has 1 aliphatic heterocycles. The quantitative estimate of drug-likeness (QED) is 0.300. The van der Waals surface area contributed by atoms with Gasteiger partial charge in [-0.2, -0.15) is 0 Å². The highest BCUT2D eigenvalue weighted by Crippen LogP contribution is 2.40. The van der Waals surface area contributed by atoms with Crippen LogP contribution < -0.4 is 4.74 Å². The highest BCUT2D eigenvalue weighted by Gasteiger charge is 2.45. The van der Waals surface area contributed by atoms with Gasteiger partial charge in [0.05, 0.1) is 18.2 Å². The zero-order valence-corrected chi connectivity index (χ0v) is 17.0. The van der Waals surface area contributed by atoms with E-state index in [0.29, 0.717) is 43.1 Å². The van der Waals surface area contributed by atoms with Gasteiger partial charge in [0.2, 0.25) is 0 Å². The van der Waals surface area contributed by atoms with Crippen LogP contribution >= 0.6 is 0 Å².